The van der Waals surface area contributed by atoms with E-state index in [1.165, 1.54) is 6.07 Å². The van der Waals surface area contributed by atoms with Crippen LogP contribution in [0.15, 0.2) is 18.2 Å². The molecule has 0 aliphatic carbocycles. The van der Waals surface area contributed by atoms with E-state index in [2.05, 4.69) is 5.32 Å². The molecule has 1 atom stereocenters. The summed E-state index contributed by atoms with van der Waals surface area (Å²) in [6, 6.07) is 4.27. The minimum absolute atomic E-state index is 0.0269. The zero-order valence-electron chi connectivity index (χ0n) is 13.5. The maximum absolute atomic E-state index is 12.4. The minimum atomic E-state index is -0.977. The second-order valence-corrected chi connectivity index (χ2v) is 8.39. The predicted molar refractivity (Wildman–Crippen MR) is 90.1 cm³/mol. The number of nitro groups is 1. The Kier molecular flexibility index (Phi) is 5.03. The van der Waals surface area contributed by atoms with Gasteiger partial charge in [0.15, 0.2) is 0 Å². The van der Waals surface area contributed by atoms with E-state index in [-0.39, 0.29) is 16.5 Å². The van der Waals surface area contributed by atoms with Crippen LogP contribution in [0.1, 0.15) is 25.8 Å². The van der Waals surface area contributed by atoms with Gasteiger partial charge in [0.1, 0.15) is 0 Å². The van der Waals surface area contributed by atoms with Crippen molar-refractivity contribution < 1.29 is 13.9 Å². The number of benzene rings is 1. The van der Waals surface area contributed by atoms with Crippen LogP contribution in [0.5, 0.6) is 0 Å². The van der Waals surface area contributed by atoms with Gasteiger partial charge < -0.3 is 10.2 Å². The number of nitrogens with one attached hydrogen (secondary N) is 1. The number of hydrogen-bond acceptors (Lipinski definition) is 4. The number of carbonyl (C=O) groups is 1. The van der Waals surface area contributed by atoms with Gasteiger partial charge in [-0.05, 0) is 33.3 Å². The van der Waals surface area contributed by atoms with E-state index in [1.807, 2.05) is 13.8 Å². The Morgan fingerprint density at radius 1 is 1.39 bits per heavy atom. The number of anilines is 1. The van der Waals surface area contributed by atoms with E-state index >= 15 is 0 Å². The van der Waals surface area contributed by atoms with Crippen molar-refractivity contribution in [2.45, 2.75) is 31.9 Å². The summed E-state index contributed by atoms with van der Waals surface area (Å²) in [5.41, 5.74) is 0.819. The van der Waals surface area contributed by atoms with Crippen molar-refractivity contribution >= 4 is 28.2 Å². The molecule has 1 aliphatic heterocycles. The van der Waals surface area contributed by atoms with Crippen molar-refractivity contribution in [1.82, 2.24) is 4.90 Å². The predicted octanol–water partition coefficient (Wildman–Crippen LogP) is 2.67. The first-order valence-corrected chi connectivity index (χ1v) is 8.72. The number of amides is 2. The van der Waals surface area contributed by atoms with Crippen molar-refractivity contribution in [2.24, 2.45) is 0 Å². The van der Waals surface area contributed by atoms with Crippen LogP contribution in [-0.2, 0) is 10.8 Å². The van der Waals surface area contributed by atoms with E-state index in [4.69, 9.17) is 0 Å². The molecule has 0 radical (unpaired) electrons. The average molecular weight is 339 g/mol. The van der Waals surface area contributed by atoms with Crippen molar-refractivity contribution in [3.05, 3.63) is 33.9 Å². The van der Waals surface area contributed by atoms with Crippen LogP contribution in [-0.4, -0.2) is 43.7 Å². The summed E-state index contributed by atoms with van der Waals surface area (Å²) < 4.78 is 11.8. The third kappa shape index (κ3) is 3.87. The van der Waals surface area contributed by atoms with Crippen LogP contribution in [0.2, 0.25) is 0 Å². The smallest absolute Gasteiger partial charge is 0.321 e. The van der Waals surface area contributed by atoms with Gasteiger partial charge in [-0.3, -0.25) is 14.3 Å². The zero-order chi connectivity index (χ0) is 17.2. The van der Waals surface area contributed by atoms with Gasteiger partial charge in [0.2, 0.25) is 0 Å². The molecule has 0 bridgehead atoms. The highest BCUT2D eigenvalue weighted by molar-refractivity contribution is 7.86. The number of nitro benzene ring substituents is 1. The second kappa shape index (κ2) is 6.66. The van der Waals surface area contributed by atoms with Crippen LogP contribution >= 0.6 is 0 Å². The Bertz CT molecular complexity index is 660. The fourth-order valence-electron chi connectivity index (χ4n) is 2.45. The van der Waals surface area contributed by atoms with Crippen LogP contribution in [0.25, 0.3) is 0 Å². The fourth-order valence-corrected chi connectivity index (χ4v) is 3.71. The summed E-state index contributed by atoms with van der Waals surface area (Å²) in [6.45, 7) is 6.41. The Morgan fingerprint density at radius 2 is 2.09 bits per heavy atom. The molecule has 7 nitrogen and oxygen atoms in total. The SMILES string of the molecule is Cc1c(NC(=O)N2CC[S@](=O)C(C)(C)CC2)cccc1[N+](=O)[O-]. The van der Waals surface area contributed by atoms with Crippen molar-refractivity contribution in [3.63, 3.8) is 0 Å². The molecule has 1 N–H and O–H groups in total. The summed E-state index contributed by atoms with van der Waals surface area (Å²) in [5.74, 6) is 0.439. The van der Waals surface area contributed by atoms with Gasteiger partial charge in [0.05, 0.1) is 16.2 Å². The van der Waals surface area contributed by atoms with Crippen LogP contribution < -0.4 is 5.32 Å². The number of urea groups is 1. The molecule has 126 valence electrons. The van der Waals surface area contributed by atoms with Gasteiger partial charge in [-0.2, -0.15) is 0 Å². The molecule has 2 amide bonds. The number of nitrogens with zero attached hydrogens (tertiary/aromatic N) is 2. The Balaban J connectivity index is 2.12. The van der Waals surface area contributed by atoms with E-state index in [9.17, 15) is 19.1 Å². The molecule has 0 spiro atoms. The van der Waals surface area contributed by atoms with Crippen molar-refractivity contribution in [1.29, 1.82) is 0 Å². The molecule has 1 aliphatic rings. The molecule has 1 aromatic rings. The molecule has 0 aromatic heterocycles. The molecule has 23 heavy (non-hydrogen) atoms. The summed E-state index contributed by atoms with van der Waals surface area (Å²) >= 11 is 0. The molecule has 1 aromatic carbocycles. The summed E-state index contributed by atoms with van der Waals surface area (Å²) in [4.78, 5) is 24.5. The first kappa shape index (κ1) is 17.4. The highest BCUT2D eigenvalue weighted by Crippen LogP contribution is 2.26. The second-order valence-electron chi connectivity index (χ2n) is 6.18. The van der Waals surface area contributed by atoms with Gasteiger partial charge in [0, 0.05) is 40.5 Å². The lowest BCUT2D eigenvalue weighted by atomic mass is 10.1. The summed E-state index contributed by atoms with van der Waals surface area (Å²) in [5, 5.41) is 13.7. The number of hydrogen-bond donors (Lipinski definition) is 1. The van der Waals surface area contributed by atoms with Crippen molar-refractivity contribution in [3.8, 4) is 0 Å². The minimum Gasteiger partial charge on any atom is -0.324 e. The quantitative estimate of drug-likeness (QED) is 0.662. The first-order chi connectivity index (χ1) is 10.7. The maximum Gasteiger partial charge on any atom is 0.321 e. The van der Waals surface area contributed by atoms with E-state index in [0.717, 1.165) is 0 Å². The summed E-state index contributed by atoms with van der Waals surface area (Å²) in [7, 11) is -0.977. The summed E-state index contributed by atoms with van der Waals surface area (Å²) in [6.07, 6.45) is 0.654. The van der Waals surface area contributed by atoms with Crippen LogP contribution in [0.4, 0.5) is 16.2 Å². The van der Waals surface area contributed by atoms with Gasteiger partial charge in [-0.1, -0.05) is 6.07 Å². The molecular weight excluding hydrogens is 318 g/mol. The lowest BCUT2D eigenvalue weighted by Crippen LogP contribution is -2.37. The third-order valence-corrected chi connectivity index (χ3v) is 6.17. The molecule has 0 saturated carbocycles. The molecule has 1 heterocycles. The van der Waals surface area contributed by atoms with E-state index in [0.29, 0.717) is 36.5 Å². The van der Waals surface area contributed by atoms with Gasteiger partial charge in [-0.25, -0.2) is 4.79 Å². The number of carbonyl (C=O) groups excluding carboxylic acids is 1. The standard InChI is InChI=1S/C15H21N3O4S/c1-11-12(5-4-6-13(11)18(20)21)16-14(19)17-8-7-15(2,3)23(22)10-9-17/h4-6H,7-10H2,1-3H3,(H,16,19)/t23-/m0/s1. The monoisotopic (exact) mass is 339 g/mol. The fraction of sp³-hybridized carbons (Fsp3) is 0.533. The van der Waals surface area contributed by atoms with Gasteiger partial charge in [0.25, 0.3) is 5.69 Å². The normalized spacial score (nSPS) is 20.7. The number of rotatable bonds is 2. The molecule has 1 saturated heterocycles. The van der Waals surface area contributed by atoms with E-state index < -0.39 is 15.7 Å². The maximum atomic E-state index is 12.4. The lowest BCUT2D eigenvalue weighted by Gasteiger charge is -2.23. The molecule has 0 unspecified atom stereocenters. The van der Waals surface area contributed by atoms with Crippen LogP contribution in [0, 0.1) is 17.0 Å². The van der Waals surface area contributed by atoms with Gasteiger partial charge >= 0.3 is 6.03 Å². The molecule has 2 rings (SSSR count). The molecule has 8 heteroatoms. The largest absolute Gasteiger partial charge is 0.324 e. The van der Waals surface area contributed by atoms with E-state index in [1.54, 1.807) is 24.0 Å². The molecule has 1 fully saturated rings. The third-order valence-electron chi connectivity index (χ3n) is 4.18. The lowest BCUT2D eigenvalue weighted by molar-refractivity contribution is -0.385. The molecular formula is C15H21N3O4S. The highest BCUT2D eigenvalue weighted by Gasteiger charge is 2.31. The average Bonchev–Trinajstić information content (AvgIpc) is 2.60. The first-order valence-electron chi connectivity index (χ1n) is 7.41. The zero-order valence-corrected chi connectivity index (χ0v) is 14.3. The Hall–Kier alpha value is -1.96. The van der Waals surface area contributed by atoms with Crippen LogP contribution in [0.3, 0.4) is 0 Å². The van der Waals surface area contributed by atoms with Crippen molar-refractivity contribution in [2.75, 3.05) is 24.2 Å². The highest BCUT2D eigenvalue weighted by atomic mass is 32.2. The topological polar surface area (TPSA) is 92.6 Å². The van der Waals surface area contributed by atoms with Gasteiger partial charge in [-0.15, -0.1) is 0 Å². The Labute approximate surface area is 137 Å². The Morgan fingerprint density at radius 3 is 2.74 bits per heavy atom.